The van der Waals surface area contributed by atoms with Crippen LogP contribution in [0.2, 0.25) is 0 Å². The summed E-state index contributed by atoms with van der Waals surface area (Å²) in [5, 5.41) is 8.53. The molecule has 0 aromatic carbocycles. The summed E-state index contributed by atoms with van der Waals surface area (Å²) < 4.78 is 0. The summed E-state index contributed by atoms with van der Waals surface area (Å²) in [4.78, 5) is 10.4. The summed E-state index contributed by atoms with van der Waals surface area (Å²) in [5.41, 5.74) is 0. The van der Waals surface area contributed by atoms with Gasteiger partial charge < -0.3 is 5.11 Å². The minimum atomic E-state index is -0.688. The molecule has 2 nitrogen and oxygen atoms in total. The molecular formula is C20H40O2SZn. The average molecular weight is 410 g/mol. The van der Waals surface area contributed by atoms with E-state index in [4.69, 9.17) is 5.11 Å². The van der Waals surface area contributed by atoms with Crippen LogP contribution in [0.15, 0.2) is 0 Å². The number of hydrogen-bond donors (Lipinski definition) is 1. The van der Waals surface area contributed by atoms with Crippen molar-refractivity contribution in [1.82, 2.24) is 0 Å². The van der Waals surface area contributed by atoms with Gasteiger partial charge in [0.15, 0.2) is 0 Å². The predicted molar refractivity (Wildman–Crippen MR) is 105 cm³/mol. The Kier molecular flexibility index (Phi) is 26.1. The zero-order chi connectivity index (χ0) is 17.0. The van der Waals surface area contributed by atoms with Gasteiger partial charge in [-0.05, 0) is 12.2 Å². The molecule has 0 atom stereocenters. The predicted octanol–water partition coefficient (Wildman–Crippen LogP) is 7.06. The van der Waals surface area contributed by atoms with Gasteiger partial charge in [-0.25, -0.2) is 0 Å². The normalized spacial score (nSPS) is 10.5. The second-order valence-corrected chi connectivity index (χ2v) is 7.85. The number of hydrogen-bond acceptors (Lipinski definition) is 2. The van der Waals surface area contributed by atoms with Gasteiger partial charge in [0.2, 0.25) is 0 Å². The number of thioether (sulfide) groups is 1. The van der Waals surface area contributed by atoms with Crippen molar-refractivity contribution in [3.05, 3.63) is 0 Å². The molecule has 0 amide bonds. The van der Waals surface area contributed by atoms with Crippen LogP contribution in [-0.2, 0) is 24.3 Å². The van der Waals surface area contributed by atoms with Crippen LogP contribution in [0.25, 0.3) is 0 Å². The molecule has 0 aliphatic rings. The van der Waals surface area contributed by atoms with Crippen molar-refractivity contribution in [3.63, 3.8) is 0 Å². The molecule has 0 aliphatic heterocycles. The molecule has 0 aromatic heterocycles. The van der Waals surface area contributed by atoms with Gasteiger partial charge in [0, 0.05) is 19.5 Å². The van der Waals surface area contributed by atoms with Gasteiger partial charge in [-0.15, -0.1) is 0 Å². The Bertz CT molecular complexity index is 250. The summed E-state index contributed by atoms with van der Waals surface area (Å²) in [6.07, 6.45) is 22.2. The van der Waals surface area contributed by atoms with Gasteiger partial charge in [0.05, 0.1) is 5.75 Å². The molecule has 4 heteroatoms. The van der Waals surface area contributed by atoms with Gasteiger partial charge in [0.1, 0.15) is 0 Å². The molecule has 0 fully saturated rings. The second kappa shape index (κ2) is 23.4. The van der Waals surface area contributed by atoms with E-state index in [-0.39, 0.29) is 25.2 Å². The first-order valence-corrected chi connectivity index (χ1v) is 11.2. The monoisotopic (exact) mass is 408 g/mol. The van der Waals surface area contributed by atoms with Crippen molar-refractivity contribution in [2.75, 3.05) is 11.5 Å². The Balaban J connectivity index is 0. The first-order valence-electron chi connectivity index (χ1n) is 10.1. The fraction of sp³-hybridized carbons (Fsp3) is 0.950. The van der Waals surface area contributed by atoms with E-state index in [1.807, 2.05) is 0 Å². The van der Waals surface area contributed by atoms with Crippen LogP contribution in [0.5, 0.6) is 0 Å². The molecule has 24 heavy (non-hydrogen) atoms. The summed E-state index contributed by atoms with van der Waals surface area (Å²) in [7, 11) is 0. The molecule has 0 bridgehead atoms. The quantitative estimate of drug-likeness (QED) is 0.183. The largest absolute Gasteiger partial charge is 0.481 e. The Morgan fingerprint density at radius 3 is 1.33 bits per heavy atom. The van der Waals surface area contributed by atoms with Crippen LogP contribution in [0, 0.1) is 0 Å². The maximum Gasteiger partial charge on any atom is 0.313 e. The van der Waals surface area contributed by atoms with E-state index in [0.29, 0.717) is 0 Å². The third kappa shape index (κ3) is 24.7. The van der Waals surface area contributed by atoms with E-state index >= 15 is 0 Å². The number of unbranched alkanes of at least 4 members (excludes halogenated alkanes) is 15. The summed E-state index contributed by atoms with van der Waals surface area (Å²) >= 11 is 1.55. The van der Waals surface area contributed by atoms with Gasteiger partial charge in [-0.2, -0.15) is 11.8 Å². The molecule has 0 radical (unpaired) electrons. The topological polar surface area (TPSA) is 37.3 Å². The Labute approximate surface area is 168 Å². The molecule has 0 rings (SSSR count). The summed E-state index contributed by atoms with van der Waals surface area (Å²) in [6, 6.07) is 0. The van der Waals surface area contributed by atoms with Gasteiger partial charge in [-0.1, -0.05) is 103 Å². The molecule has 0 aliphatic carbocycles. The van der Waals surface area contributed by atoms with Crippen LogP contribution >= 0.6 is 11.8 Å². The zero-order valence-electron chi connectivity index (χ0n) is 16.2. The van der Waals surface area contributed by atoms with E-state index in [0.717, 1.165) is 5.75 Å². The Morgan fingerprint density at radius 2 is 1.00 bits per heavy atom. The van der Waals surface area contributed by atoms with Crippen molar-refractivity contribution in [2.24, 2.45) is 0 Å². The van der Waals surface area contributed by atoms with E-state index in [1.165, 1.54) is 103 Å². The van der Waals surface area contributed by atoms with Crippen molar-refractivity contribution < 1.29 is 29.4 Å². The zero-order valence-corrected chi connectivity index (χ0v) is 20.0. The SMILES string of the molecule is CCCCCCCCCCCCCCCCCCSCC(=O)O.[Zn]. The van der Waals surface area contributed by atoms with E-state index in [1.54, 1.807) is 11.8 Å². The molecule has 0 saturated carbocycles. The first kappa shape index (κ1) is 26.7. The van der Waals surface area contributed by atoms with Gasteiger partial charge in [-0.3, -0.25) is 4.79 Å². The average Bonchev–Trinajstić information content (AvgIpc) is 2.53. The third-order valence-corrected chi connectivity index (χ3v) is 5.40. The van der Waals surface area contributed by atoms with Crippen LogP contribution in [-0.4, -0.2) is 22.6 Å². The van der Waals surface area contributed by atoms with Crippen molar-refractivity contribution in [3.8, 4) is 0 Å². The Hall–Kier alpha value is 0.443. The van der Waals surface area contributed by atoms with Crippen LogP contribution in [0.1, 0.15) is 110 Å². The summed E-state index contributed by atoms with van der Waals surface area (Å²) in [5.74, 6) is 0.579. The van der Waals surface area contributed by atoms with E-state index in [2.05, 4.69) is 6.92 Å². The van der Waals surface area contributed by atoms with Crippen LogP contribution < -0.4 is 0 Å². The van der Waals surface area contributed by atoms with Crippen molar-refractivity contribution >= 4 is 17.7 Å². The fourth-order valence-electron chi connectivity index (χ4n) is 2.91. The molecule has 0 saturated heterocycles. The number of aliphatic carboxylic acids is 1. The molecule has 140 valence electrons. The minimum absolute atomic E-state index is 0. The molecule has 0 aromatic rings. The summed E-state index contributed by atoms with van der Waals surface area (Å²) in [6.45, 7) is 2.28. The maximum absolute atomic E-state index is 10.4. The fourth-order valence-corrected chi connectivity index (χ4v) is 3.64. The molecule has 0 unspecified atom stereocenters. The maximum atomic E-state index is 10.4. The number of carboxylic acids is 1. The van der Waals surface area contributed by atoms with Gasteiger partial charge in [0.25, 0.3) is 0 Å². The Morgan fingerprint density at radius 1 is 0.667 bits per heavy atom. The molecule has 0 spiro atoms. The molecule has 1 N–H and O–H groups in total. The first-order chi connectivity index (χ1) is 11.3. The van der Waals surface area contributed by atoms with Crippen molar-refractivity contribution in [1.29, 1.82) is 0 Å². The van der Waals surface area contributed by atoms with Crippen LogP contribution in [0.3, 0.4) is 0 Å². The standard InChI is InChI=1S/C20H40O2S.Zn/c1-2-3-4-5-6-7-8-9-10-11-12-13-14-15-16-17-18-23-19-20(21)22;/h2-19H2,1H3,(H,21,22);. The molecular weight excluding hydrogens is 370 g/mol. The smallest absolute Gasteiger partial charge is 0.313 e. The van der Waals surface area contributed by atoms with Crippen LogP contribution in [0.4, 0.5) is 0 Å². The number of carboxylic acid groups (broad SMARTS) is 1. The van der Waals surface area contributed by atoms with Gasteiger partial charge >= 0.3 is 5.97 Å². The number of carbonyl (C=O) groups is 1. The van der Waals surface area contributed by atoms with E-state index in [9.17, 15) is 4.79 Å². The van der Waals surface area contributed by atoms with E-state index < -0.39 is 5.97 Å². The minimum Gasteiger partial charge on any atom is -0.481 e. The third-order valence-electron chi connectivity index (χ3n) is 4.37. The number of rotatable bonds is 19. The van der Waals surface area contributed by atoms with Crippen molar-refractivity contribution in [2.45, 2.75) is 110 Å². The molecule has 0 heterocycles. The second-order valence-electron chi connectivity index (χ2n) is 6.75.